The summed E-state index contributed by atoms with van der Waals surface area (Å²) in [5.74, 6) is -0.375. The Morgan fingerprint density at radius 2 is 1.85 bits per heavy atom. The minimum atomic E-state index is -3.71. The van der Waals surface area contributed by atoms with Gasteiger partial charge in [0.15, 0.2) is 0 Å². The summed E-state index contributed by atoms with van der Waals surface area (Å²) in [6.45, 7) is 2.65. The molecular formula is C12H17N3O4S. The summed E-state index contributed by atoms with van der Waals surface area (Å²) in [4.78, 5) is 13.8. The minimum absolute atomic E-state index is 0.0659. The first-order valence-corrected chi connectivity index (χ1v) is 7.66. The summed E-state index contributed by atoms with van der Waals surface area (Å²) in [6, 6.07) is 4.83. The molecule has 7 nitrogen and oxygen atoms in total. The van der Waals surface area contributed by atoms with E-state index in [9.17, 15) is 18.3 Å². The molecule has 110 valence electrons. The number of nitrogens with two attached hydrogens (primary N) is 1. The molecule has 1 aromatic rings. The number of rotatable bonds is 2. The number of carbonyl (C=O) groups is 1. The lowest BCUT2D eigenvalue weighted by Gasteiger charge is -2.33. The van der Waals surface area contributed by atoms with Gasteiger partial charge in [-0.15, -0.1) is 0 Å². The Balaban J connectivity index is 2.09. The van der Waals surface area contributed by atoms with Gasteiger partial charge in [0.1, 0.15) is 5.75 Å². The molecule has 1 saturated heterocycles. The molecule has 0 bridgehead atoms. The molecule has 0 radical (unpaired) electrons. The van der Waals surface area contributed by atoms with Gasteiger partial charge in [-0.2, -0.15) is 12.7 Å². The lowest BCUT2D eigenvalue weighted by Crippen LogP contribution is -2.52. The zero-order valence-corrected chi connectivity index (χ0v) is 11.9. The number of carbonyl (C=O) groups excluding carboxylic acids is 1. The van der Waals surface area contributed by atoms with Crippen molar-refractivity contribution in [1.82, 2.24) is 9.21 Å². The van der Waals surface area contributed by atoms with Gasteiger partial charge in [0, 0.05) is 26.2 Å². The van der Waals surface area contributed by atoms with Crippen molar-refractivity contribution in [1.29, 1.82) is 0 Å². The van der Waals surface area contributed by atoms with Crippen LogP contribution < -0.4 is 5.14 Å². The lowest BCUT2D eigenvalue weighted by atomic mass is 10.1. The second kappa shape index (κ2) is 5.39. The molecule has 0 aromatic heterocycles. The van der Waals surface area contributed by atoms with Crippen LogP contribution in [0.25, 0.3) is 0 Å². The highest BCUT2D eigenvalue weighted by molar-refractivity contribution is 7.86. The third-order valence-electron chi connectivity index (χ3n) is 3.27. The molecule has 0 aliphatic carbocycles. The maximum absolute atomic E-state index is 12.3. The van der Waals surface area contributed by atoms with Crippen LogP contribution in [-0.2, 0) is 10.2 Å². The predicted molar refractivity (Wildman–Crippen MR) is 73.4 cm³/mol. The maximum Gasteiger partial charge on any atom is 0.277 e. The third-order valence-corrected chi connectivity index (χ3v) is 4.35. The van der Waals surface area contributed by atoms with Crippen LogP contribution in [0.15, 0.2) is 18.2 Å². The number of nitrogens with zero attached hydrogens (tertiary/aromatic N) is 2. The van der Waals surface area contributed by atoms with Gasteiger partial charge < -0.3 is 10.0 Å². The fourth-order valence-corrected chi connectivity index (χ4v) is 2.81. The fraction of sp³-hybridized carbons (Fsp3) is 0.417. The van der Waals surface area contributed by atoms with Gasteiger partial charge in [-0.1, -0.05) is 6.07 Å². The van der Waals surface area contributed by atoms with Crippen LogP contribution in [0.5, 0.6) is 5.75 Å². The van der Waals surface area contributed by atoms with Gasteiger partial charge in [0.2, 0.25) is 0 Å². The van der Waals surface area contributed by atoms with Crippen molar-refractivity contribution >= 4 is 16.1 Å². The number of aryl methyl sites for hydroxylation is 1. The summed E-state index contributed by atoms with van der Waals surface area (Å²) < 4.78 is 23.5. The van der Waals surface area contributed by atoms with E-state index in [1.54, 1.807) is 12.1 Å². The second-order valence-electron chi connectivity index (χ2n) is 4.76. The van der Waals surface area contributed by atoms with E-state index in [4.69, 9.17) is 5.14 Å². The van der Waals surface area contributed by atoms with E-state index in [1.807, 2.05) is 6.92 Å². The van der Waals surface area contributed by atoms with E-state index in [2.05, 4.69) is 0 Å². The molecule has 0 unspecified atom stereocenters. The number of phenolic OH excluding ortho intramolecular Hbond substituents is 1. The van der Waals surface area contributed by atoms with E-state index < -0.39 is 10.2 Å². The quantitative estimate of drug-likeness (QED) is 0.779. The highest BCUT2D eigenvalue weighted by Gasteiger charge is 2.27. The monoisotopic (exact) mass is 299 g/mol. The van der Waals surface area contributed by atoms with E-state index in [0.717, 1.165) is 9.87 Å². The van der Waals surface area contributed by atoms with Crippen molar-refractivity contribution < 1.29 is 18.3 Å². The Kier molecular flexibility index (Phi) is 3.98. The van der Waals surface area contributed by atoms with Gasteiger partial charge >= 0.3 is 0 Å². The summed E-state index contributed by atoms with van der Waals surface area (Å²) in [5.41, 5.74) is 1.08. The van der Waals surface area contributed by atoms with Crippen LogP contribution in [0.3, 0.4) is 0 Å². The number of aromatic hydroxyl groups is 1. The molecular weight excluding hydrogens is 282 g/mol. The second-order valence-corrected chi connectivity index (χ2v) is 6.30. The average molecular weight is 299 g/mol. The fourth-order valence-electron chi connectivity index (χ4n) is 2.14. The van der Waals surface area contributed by atoms with Gasteiger partial charge in [-0.05, 0) is 24.6 Å². The van der Waals surface area contributed by atoms with E-state index in [1.165, 1.54) is 11.0 Å². The Hall–Kier alpha value is -1.64. The lowest BCUT2D eigenvalue weighted by molar-refractivity contribution is 0.0695. The molecule has 0 atom stereocenters. The number of amides is 1. The molecule has 0 spiro atoms. The normalized spacial score (nSPS) is 17.2. The van der Waals surface area contributed by atoms with Crippen LogP contribution in [0, 0.1) is 6.92 Å². The van der Waals surface area contributed by atoms with Gasteiger partial charge in [-0.3, -0.25) is 4.79 Å². The van der Waals surface area contributed by atoms with E-state index >= 15 is 0 Å². The van der Waals surface area contributed by atoms with Crippen LogP contribution >= 0.6 is 0 Å². The van der Waals surface area contributed by atoms with Crippen molar-refractivity contribution in [3.63, 3.8) is 0 Å². The Morgan fingerprint density at radius 3 is 2.35 bits per heavy atom. The molecule has 0 saturated carbocycles. The minimum Gasteiger partial charge on any atom is -0.507 e. The Labute approximate surface area is 117 Å². The molecule has 1 aliphatic heterocycles. The molecule has 1 aliphatic rings. The summed E-state index contributed by atoms with van der Waals surface area (Å²) in [6.07, 6.45) is 0. The molecule has 1 heterocycles. The van der Waals surface area contributed by atoms with Crippen molar-refractivity contribution in [3.8, 4) is 5.75 Å². The number of phenols is 1. The summed E-state index contributed by atoms with van der Waals surface area (Å²) >= 11 is 0. The number of hydrogen-bond donors (Lipinski definition) is 2. The predicted octanol–water partition coefficient (Wildman–Crippen LogP) is -0.338. The Bertz CT molecular complexity index is 622. The van der Waals surface area contributed by atoms with E-state index in [0.29, 0.717) is 0 Å². The number of hydrogen-bond acceptors (Lipinski definition) is 4. The zero-order valence-electron chi connectivity index (χ0n) is 11.1. The molecule has 8 heteroatoms. The summed E-state index contributed by atoms with van der Waals surface area (Å²) in [7, 11) is -3.71. The van der Waals surface area contributed by atoms with Crippen LogP contribution in [-0.4, -0.2) is 54.8 Å². The molecule has 3 N–H and O–H groups in total. The van der Waals surface area contributed by atoms with Crippen molar-refractivity contribution in [2.45, 2.75) is 6.92 Å². The number of piperazine rings is 1. The first-order chi connectivity index (χ1) is 9.29. The molecule has 1 amide bonds. The third kappa shape index (κ3) is 3.09. The van der Waals surface area contributed by atoms with Crippen LogP contribution in [0.1, 0.15) is 15.9 Å². The number of benzene rings is 1. The Morgan fingerprint density at radius 1 is 1.25 bits per heavy atom. The molecule has 2 rings (SSSR count). The maximum atomic E-state index is 12.3. The van der Waals surface area contributed by atoms with Crippen LogP contribution in [0.2, 0.25) is 0 Å². The molecule has 1 aromatic carbocycles. The zero-order chi connectivity index (χ0) is 14.9. The molecule has 1 fully saturated rings. The van der Waals surface area contributed by atoms with Gasteiger partial charge in [-0.25, -0.2) is 5.14 Å². The first-order valence-electron chi connectivity index (χ1n) is 6.16. The SMILES string of the molecule is Cc1ccc(C(=O)N2CCN(S(N)(=O)=O)CC2)c(O)c1. The van der Waals surface area contributed by atoms with Crippen molar-refractivity contribution in [2.75, 3.05) is 26.2 Å². The standard InChI is InChI=1S/C12H17N3O4S/c1-9-2-3-10(11(16)8-9)12(17)14-4-6-15(7-5-14)20(13,18)19/h2-3,8,16H,4-7H2,1H3,(H2,13,18,19). The van der Waals surface area contributed by atoms with Gasteiger partial charge in [0.25, 0.3) is 16.1 Å². The smallest absolute Gasteiger partial charge is 0.277 e. The molecule has 20 heavy (non-hydrogen) atoms. The largest absolute Gasteiger partial charge is 0.507 e. The van der Waals surface area contributed by atoms with Crippen LogP contribution in [0.4, 0.5) is 0 Å². The highest BCUT2D eigenvalue weighted by atomic mass is 32.2. The first kappa shape index (κ1) is 14.8. The summed E-state index contributed by atoms with van der Waals surface area (Å²) in [5, 5.41) is 14.8. The average Bonchev–Trinajstić information content (AvgIpc) is 2.37. The topological polar surface area (TPSA) is 104 Å². The van der Waals surface area contributed by atoms with E-state index in [-0.39, 0.29) is 43.4 Å². The van der Waals surface area contributed by atoms with Crippen molar-refractivity contribution in [2.24, 2.45) is 5.14 Å². The van der Waals surface area contributed by atoms with Gasteiger partial charge in [0.05, 0.1) is 5.56 Å². The highest BCUT2D eigenvalue weighted by Crippen LogP contribution is 2.21. The van der Waals surface area contributed by atoms with Crippen molar-refractivity contribution in [3.05, 3.63) is 29.3 Å².